The van der Waals surface area contributed by atoms with Crippen LogP contribution in [0.5, 0.6) is 0 Å². The molecule has 0 aromatic heterocycles. The lowest BCUT2D eigenvalue weighted by Crippen LogP contribution is -2.01. The van der Waals surface area contributed by atoms with E-state index in [0.717, 1.165) is 22.3 Å². The molecule has 6 heteroatoms. The first-order valence-electron chi connectivity index (χ1n) is 7.13. The van der Waals surface area contributed by atoms with Crippen LogP contribution < -0.4 is 5.43 Å². The van der Waals surface area contributed by atoms with E-state index in [1.165, 1.54) is 17.7 Å². The fourth-order valence-corrected chi connectivity index (χ4v) is 2.89. The summed E-state index contributed by atoms with van der Waals surface area (Å²) in [5.74, 6) is 0.467. The number of halogens is 1. The molecule has 0 atom stereocenters. The Morgan fingerprint density at radius 1 is 1.22 bits per heavy atom. The van der Waals surface area contributed by atoms with Crippen LogP contribution in [0.25, 0.3) is 0 Å². The molecule has 23 heavy (non-hydrogen) atoms. The fourth-order valence-electron chi connectivity index (χ4n) is 2.48. The number of nitrogens with one attached hydrogen (secondary N) is 1. The molecule has 0 aliphatic heterocycles. The predicted molar refractivity (Wildman–Crippen MR) is 94.5 cm³/mol. The molecule has 0 amide bonds. The highest BCUT2D eigenvalue weighted by atomic mass is 35.5. The molecule has 0 heterocycles. The largest absolute Gasteiger partial charge is 0.278 e. The summed E-state index contributed by atoms with van der Waals surface area (Å²) in [6.07, 6.45) is 1.75. The molecule has 1 N–H and O–H groups in total. The van der Waals surface area contributed by atoms with Crippen molar-refractivity contribution in [1.82, 2.24) is 0 Å². The Hall–Kier alpha value is -2.40. The van der Waals surface area contributed by atoms with Crippen LogP contribution >= 0.6 is 11.6 Å². The van der Waals surface area contributed by atoms with E-state index in [0.29, 0.717) is 11.6 Å². The molecule has 5 nitrogen and oxygen atoms in total. The minimum absolute atomic E-state index is 0.0523. The summed E-state index contributed by atoms with van der Waals surface area (Å²) in [5, 5.41) is 14.8. The maximum atomic E-state index is 10.6. The van der Waals surface area contributed by atoms with Crippen LogP contribution in [0, 0.1) is 30.9 Å². The molecule has 120 valence electrons. The number of hydrogen-bond acceptors (Lipinski definition) is 4. The zero-order valence-corrected chi connectivity index (χ0v) is 14.0. The van der Waals surface area contributed by atoms with Gasteiger partial charge in [-0.05, 0) is 55.2 Å². The van der Waals surface area contributed by atoms with E-state index in [1.807, 2.05) is 20.8 Å². The summed E-state index contributed by atoms with van der Waals surface area (Å²) < 4.78 is 0. The maximum Gasteiger partial charge on any atom is 0.269 e. The number of benzene rings is 2. The van der Waals surface area contributed by atoms with E-state index in [1.54, 1.807) is 18.3 Å². The first kappa shape index (κ1) is 17.0. The van der Waals surface area contributed by atoms with Gasteiger partial charge in [0.2, 0.25) is 0 Å². The average Bonchev–Trinajstić information content (AvgIpc) is 2.51. The SMILES string of the molecule is Cc1cc(C)c(CCl)c(C)c1/C=N\Nc1ccc([N+](=O)[O-])cc1. The molecule has 0 fully saturated rings. The van der Waals surface area contributed by atoms with Crippen LogP contribution in [0.15, 0.2) is 35.4 Å². The molecule has 2 aromatic carbocycles. The lowest BCUT2D eigenvalue weighted by Gasteiger charge is -2.13. The van der Waals surface area contributed by atoms with Gasteiger partial charge >= 0.3 is 0 Å². The fraction of sp³-hybridized carbons (Fsp3) is 0.235. The molecule has 2 rings (SSSR count). The zero-order chi connectivity index (χ0) is 17.0. The summed E-state index contributed by atoms with van der Waals surface area (Å²) in [4.78, 5) is 10.2. The van der Waals surface area contributed by atoms with Crippen molar-refractivity contribution in [2.24, 2.45) is 5.10 Å². The van der Waals surface area contributed by atoms with Crippen molar-refractivity contribution in [2.45, 2.75) is 26.7 Å². The molecule has 0 saturated carbocycles. The molecule has 0 unspecified atom stereocenters. The summed E-state index contributed by atoms with van der Waals surface area (Å²) in [6, 6.07) is 8.21. The number of hydrazone groups is 1. The third-order valence-corrected chi connectivity index (χ3v) is 4.06. The number of non-ortho nitro benzene ring substituents is 1. The third kappa shape index (κ3) is 3.87. The second-order valence-corrected chi connectivity index (χ2v) is 5.60. The van der Waals surface area contributed by atoms with Gasteiger partial charge in [-0.25, -0.2) is 0 Å². The van der Waals surface area contributed by atoms with Gasteiger partial charge in [-0.15, -0.1) is 11.6 Å². The molecule has 0 aliphatic carbocycles. The Morgan fingerprint density at radius 3 is 2.43 bits per heavy atom. The number of rotatable bonds is 5. The minimum atomic E-state index is -0.431. The van der Waals surface area contributed by atoms with Gasteiger partial charge in [0, 0.05) is 23.6 Å². The summed E-state index contributed by atoms with van der Waals surface area (Å²) in [5.41, 5.74) is 9.19. The Morgan fingerprint density at radius 2 is 1.87 bits per heavy atom. The standard InChI is InChI=1S/C17H18ClN3O2/c1-11-8-12(2)17(13(3)16(11)9-18)10-19-20-14-4-6-15(7-5-14)21(22)23/h4-8,10,20H,9H2,1-3H3/b19-10-. The second kappa shape index (κ2) is 7.24. The minimum Gasteiger partial charge on any atom is -0.278 e. The second-order valence-electron chi connectivity index (χ2n) is 5.34. The summed E-state index contributed by atoms with van der Waals surface area (Å²) in [6.45, 7) is 6.12. The van der Waals surface area contributed by atoms with Gasteiger partial charge in [-0.2, -0.15) is 5.10 Å². The number of alkyl halides is 1. The third-order valence-electron chi connectivity index (χ3n) is 3.79. The van der Waals surface area contributed by atoms with E-state index in [-0.39, 0.29) is 5.69 Å². The van der Waals surface area contributed by atoms with E-state index < -0.39 is 4.92 Å². The van der Waals surface area contributed by atoms with Crippen LogP contribution in [0.4, 0.5) is 11.4 Å². The first-order valence-corrected chi connectivity index (χ1v) is 7.66. The van der Waals surface area contributed by atoms with Crippen molar-refractivity contribution in [2.75, 3.05) is 5.43 Å². The number of nitrogens with zero attached hydrogens (tertiary/aromatic N) is 2. The van der Waals surface area contributed by atoms with Crippen LogP contribution in [0.2, 0.25) is 0 Å². The van der Waals surface area contributed by atoms with E-state index >= 15 is 0 Å². The molecular formula is C17H18ClN3O2. The van der Waals surface area contributed by atoms with Gasteiger partial charge in [0.25, 0.3) is 5.69 Å². The summed E-state index contributed by atoms with van der Waals surface area (Å²) in [7, 11) is 0. The number of nitro benzene ring substituents is 1. The van der Waals surface area contributed by atoms with Crippen molar-refractivity contribution < 1.29 is 4.92 Å². The van der Waals surface area contributed by atoms with Gasteiger partial charge in [-0.1, -0.05) is 6.07 Å². The lowest BCUT2D eigenvalue weighted by atomic mass is 9.95. The van der Waals surface area contributed by atoms with Gasteiger partial charge in [-0.3, -0.25) is 15.5 Å². The van der Waals surface area contributed by atoms with Crippen molar-refractivity contribution in [1.29, 1.82) is 0 Å². The van der Waals surface area contributed by atoms with E-state index in [9.17, 15) is 10.1 Å². The molecule has 0 bridgehead atoms. The average molecular weight is 332 g/mol. The monoisotopic (exact) mass is 331 g/mol. The number of anilines is 1. The molecule has 2 aromatic rings. The van der Waals surface area contributed by atoms with Crippen molar-refractivity contribution >= 4 is 29.2 Å². The Balaban J connectivity index is 2.19. The smallest absolute Gasteiger partial charge is 0.269 e. The zero-order valence-electron chi connectivity index (χ0n) is 13.3. The van der Waals surface area contributed by atoms with Crippen LogP contribution in [-0.4, -0.2) is 11.1 Å². The van der Waals surface area contributed by atoms with Crippen LogP contribution in [0.3, 0.4) is 0 Å². The number of nitro groups is 1. The van der Waals surface area contributed by atoms with Gasteiger partial charge < -0.3 is 0 Å². The maximum absolute atomic E-state index is 10.6. The predicted octanol–water partition coefficient (Wildman–Crippen LogP) is 4.70. The summed E-state index contributed by atoms with van der Waals surface area (Å²) >= 11 is 6.02. The molecule has 0 spiro atoms. The van der Waals surface area contributed by atoms with Gasteiger partial charge in [0.15, 0.2) is 0 Å². The molecule has 0 radical (unpaired) electrons. The topological polar surface area (TPSA) is 67.5 Å². The highest BCUT2D eigenvalue weighted by molar-refractivity contribution is 6.17. The number of aryl methyl sites for hydroxylation is 2. The van der Waals surface area contributed by atoms with Crippen LogP contribution in [-0.2, 0) is 5.88 Å². The molecular weight excluding hydrogens is 314 g/mol. The molecule has 0 saturated heterocycles. The van der Waals surface area contributed by atoms with Crippen molar-refractivity contribution in [3.05, 3.63) is 68.3 Å². The Kier molecular flexibility index (Phi) is 5.34. The highest BCUT2D eigenvalue weighted by Crippen LogP contribution is 2.22. The highest BCUT2D eigenvalue weighted by Gasteiger charge is 2.09. The quantitative estimate of drug-likeness (QED) is 0.373. The van der Waals surface area contributed by atoms with Crippen molar-refractivity contribution in [3.8, 4) is 0 Å². The van der Waals surface area contributed by atoms with Gasteiger partial charge in [0.1, 0.15) is 0 Å². The van der Waals surface area contributed by atoms with Crippen LogP contribution in [0.1, 0.15) is 27.8 Å². The Bertz CT molecular complexity index is 755. The number of hydrogen-bond donors (Lipinski definition) is 1. The normalized spacial score (nSPS) is 11.0. The Labute approximate surface area is 140 Å². The van der Waals surface area contributed by atoms with E-state index in [2.05, 4.69) is 16.6 Å². The molecule has 0 aliphatic rings. The first-order chi connectivity index (χ1) is 10.9. The van der Waals surface area contributed by atoms with Crippen molar-refractivity contribution in [3.63, 3.8) is 0 Å². The lowest BCUT2D eigenvalue weighted by molar-refractivity contribution is -0.384. The van der Waals surface area contributed by atoms with E-state index in [4.69, 9.17) is 11.6 Å². The van der Waals surface area contributed by atoms with Gasteiger partial charge in [0.05, 0.1) is 16.8 Å².